The standard InChI is InChI=1S/C51H50/c1-49(2)47-35-39(37-19-25-43(26-20-37)50(31-11-5-12-32-50)41-15-7-3-8-16-41)23-29-45(47)46-30-24-40(36-48(46)49)38-21-27-44(28-22-38)51(33-13-6-14-34-51)42-17-9-4-10-18-42/h3-4,7-10,15-30,35-36H,5-6,11-14,31-34H2,1-2H3. The van der Waals surface area contributed by atoms with Crippen LogP contribution in [0, 0.1) is 0 Å². The Bertz CT molecular complexity index is 1980. The summed E-state index contributed by atoms with van der Waals surface area (Å²) in [6.45, 7) is 4.83. The number of hydrogen-bond donors (Lipinski definition) is 0. The molecule has 0 N–H and O–H groups in total. The Labute approximate surface area is 305 Å². The van der Waals surface area contributed by atoms with E-state index in [9.17, 15) is 0 Å². The SMILES string of the molecule is CC1(C)c2cc(-c3ccc(C4(c5ccccc5)CCCCC4)cc3)ccc2-c2ccc(-c3ccc(C4(c5ccccc5)CCCCC4)cc3)cc21. The van der Waals surface area contributed by atoms with Crippen molar-refractivity contribution in [3.63, 3.8) is 0 Å². The van der Waals surface area contributed by atoms with Crippen molar-refractivity contribution in [2.24, 2.45) is 0 Å². The van der Waals surface area contributed by atoms with E-state index in [0.29, 0.717) is 0 Å². The molecule has 0 unspecified atom stereocenters. The zero-order valence-electron chi connectivity index (χ0n) is 30.4. The molecule has 254 valence electrons. The molecule has 0 radical (unpaired) electrons. The maximum absolute atomic E-state index is 2.47. The van der Waals surface area contributed by atoms with Crippen molar-refractivity contribution in [2.75, 3.05) is 0 Å². The fourth-order valence-corrected chi connectivity index (χ4v) is 10.4. The predicted octanol–water partition coefficient (Wildman–Crippen LogP) is 13.8. The van der Waals surface area contributed by atoms with Crippen LogP contribution in [0.1, 0.15) is 111 Å². The summed E-state index contributed by atoms with van der Waals surface area (Å²) >= 11 is 0. The van der Waals surface area contributed by atoms with Gasteiger partial charge in [-0.15, -0.1) is 0 Å². The van der Waals surface area contributed by atoms with Crippen LogP contribution in [-0.2, 0) is 16.2 Å². The van der Waals surface area contributed by atoms with Crippen LogP contribution in [0.4, 0.5) is 0 Å². The zero-order valence-corrected chi connectivity index (χ0v) is 30.4. The van der Waals surface area contributed by atoms with Crippen LogP contribution in [0.2, 0.25) is 0 Å². The van der Waals surface area contributed by atoms with Gasteiger partial charge in [-0.1, -0.05) is 186 Å². The molecule has 0 aromatic heterocycles. The third kappa shape index (κ3) is 5.42. The molecule has 3 aliphatic rings. The van der Waals surface area contributed by atoms with E-state index in [1.807, 2.05) is 0 Å². The van der Waals surface area contributed by atoms with Gasteiger partial charge in [-0.2, -0.15) is 0 Å². The third-order valence-corrected chi connectivity index (χ3v) is 13.3. The summed E-state index contributed by atoms with van der Waals surface area (Å²) in [5.41, 5.74) is 16.9. The molecule has 0 atom stereocenters. The highest BCUT2D eigenvalue weighted by molar-refractivity contribution is 5.86. The first kappa shape index (κ1) is 32.2. The highest BCUT2D eigenvalue weighted by Gasteiger charge is 2.38. The predicted molar refractivity (Wildman–Crippen MR) is 215 cm³/mol. The Morgan fingerprint density at radius 3 is 1.04 bits per heavy atom. The second-order valence-corrected chi connectivity index (χ2v) is 16.3. The highest BCUT2D eigenvalue weighted by Crippen LogP contribution is 2.52. The molecule has 0 nitrogen and oxygen atoms in total. The Morgan fingerprint density at radius 2 is 0.667 bits per heavy atom. The molecule has 0 saturated heterocycles. The molecule has 0 heterocycles. The zero-order chi connectivity index (χ0) is 34.5. The fraction of sp³-hybridized carbons (Fsp3) is 0.294. The molecule has 6 aromatic rings. The first-order valence-electron chi connectivity index (χ1n) is 19.6. The molecule has 0 spiro atoms. The van der Waals surface area contributed by atoms with Crippen LogP contribution in [0.15, 0.2) is 146 Å². The summed E-state index contributed by atoms with van der Waals surface area (Å²) in [5.74, 6) is 0. The molecule has 9 rings (SSSR count). The van der Waals surface area contributed by atoms with E-state index in [0.717, 1.165) is 0 Å². The molecular weight excluding hydrogens is 613 g/mol. The van der Waals surface area contributed by atoms with Crippen LogP contribution in [-0.4, -0.2) is 0 Å². The Hall–Kier alpha value is -4.68. The van der Waals surface area contributed by atoms with Gasteiger partial charge in [0.1, 0.15) is 0 Å². The topological polar surface area (TPSA) is 0 Å². The molecule has 2 saturated carbocycles. The lowest BCUT2D eigenvalue weighted by atomic mass is 9.65. The van der Waals surface area contributed by atoms with Crippen molar-refractivity contribution in [1.29, 1.82) is 0 Å². The fourth-order valence-electron chi connectivity index (χ4n) is 10.4. The average molecular weight is 663 g/mol. The number of benzene rings is 6. The van der Waals surface area contributed by atoms with E-state index < -0.39 is 0 Å². The van der Waals surface area contributed by atoms with Crippen LogP contribution in [0.25, 0.3) is 33.4 Å². The van der Waals surface area contributed by atoms with Crippen molar-refractivity contribution in [3.8, 4) is 33.4 Å². The molecule has 51 heavy (non-hydrogen) atoms. The van der Waals surface area contributed by atoms with Crippen molar-refractivity contribution < 1.29 is 0 Å². The Balaban J connectivity index is 1.00. The molecular formula is C51H50. The Morgan fingerprint density at radius 1 is 0.333 bits per heavy atom. The lowest BCUT2D eigenvalue weighted by molar-refractivity contribution is 0.346. The molecule has 0 bridgehead atoms. The van der Waals surface area contributed by atoms with Crippen LogP contribution in [0.5, 0.6) is 0 Å². The van der Waals surface area contributed by atoms with Crippen molar-refractivity contribution in [1.82, 2.24) is 0 Å². The largest absolute Gasteiger partial charge is 0.0622 e. The van der Waals surface area contributed by atoms with Crippen molar-refractivity contribution in [2.45, 2.75) is 94.3 Å². The monoisotopic (exact) mass is 662 g/mol. The van der Waals surface area contributed by atoms with E-state index >= 15 is 0 Å². The summed E-state index contributed by atoms with van der Waals surface area (Å²) in [4.78, 5) is 0. The van der Waals surface area contributed by atoms with Crippen LogP contribution >= 0.6 is 0 Å². The maximum Gasteiger partial charge on any atom is 0.0202 e. The molecule has 0 aliphatic heterocycles. The van der Waals surface area contributed by atoms with Gasteiger partial charge in [-0.05, 0) is 105 Å². The van der Waals surface area contributed by atoms with Crippen molar-refractivity contribution in [3.05, 3.63) is 179 Å². The summed E-state index contributed by atoms with van der Waals surface area (Å²) in [6, 6.07) is 56.1. The minimum absolute atomic E-state index is 0.0739. The average Bonchev–Trinajstić information content (AvgIpc) is 3.44. The maximum atomic E-state index is 2.47. The highest BCUT2D eigenvalue weighted by atomic mass is 14.4. The van der Waals surface area contributed by atoms with Gasteiger partial charge in [0.2, 0.25) is 0 Å². The second kappa shape index (κ2) is 12.8. The van der Waals surface area contributed by atoms with Gasteiger partial charge in [0.25, 0.3) is 0 Å². The number of hydrogen-bond acceptors (Lipinski definition) is 0. The van der Waals surface area contributed by atoms with Crippen LogP contribution in [0.3, 0.4) is 0 Å². The minimum atomic E-state index is -0.0739. The lowest BCUT2D eigenvalue weighted by Gasteiger charge is -2.38. The summed E-state index contributed by atoms with van der Waals surface area (Å²) in [5, 5.41) is 0. The summed E-state index contributed by atoms with van der Waals surface area (Å²) < 4.78 is 0. The molecule has 0 amide bonds. The van der Waals surface area contributed by atoms with Gasteiger partial charge >= 0.3 is 0 Å². The molecule has 3 aliphatic carbocycles. The second-order valence-electron chi connectivity index (χ2n) is 16.3. The lowest BCUT2D eigenvalue weighted by Crippen LogP contribution is -2.30. The van der Waals surface area contributed by atoms with E-state index in [1.165, 1.54) is 131 Å². The van der Waals surface area contributed by atoms with E-state index in [-0.39, 0.29) is 16.2 Å². The van der Waals surface area contributed by atoms with Crippen LogP contribution < -0.4 is 0 Å². The molecule has 6 aromatic carbocycles. The van der Waals surface area contributed by atoms with E-state index in [2.05, 4.69) is 159 Å². The van der Waals surface area contributed by atoms with Gasteiger partial charge in [-0.25, -0.2) is 0 Å². The van der Waals surface area contributed by atoms with E-state index in [1.54, 1.807) is 0 Å². The van der Waals surface area contributed by atoms with Gasteiger partial charge in [0.15, 0.2) is 0 Å². The summed E-state index contributed by atoms with van der Waals surface area (Å²) in [7, 11) is 0. The van der Waals surface area contributed by atoms with Crippen molar-refractivity contribution >= 4 is 0 Å². The minimum Gasteiger partial charge on any atom is -0.0622 e. The third-order valence-electron chi connectivity index (χ3n) is 13.3. The van der Waals surface area contributed by atoms with Gasteiger partial charge in [0, 0.05) is 16.2 Å². The van der Waals surface area contributed by atoms with Gasteiger partial charge < -0.3 is 0 Å². The first-order valence-corrected chi connectivity index (χ1v) is 19.6. The normalized spacial score (nSPS) is 18.5. The van der Waals surface area contributed by atoms with Gasteiger partial charge in [0.05, 0.1) is 0 Å². The quantitative estimate of drug-likeness (QED) is 0.166. The molecule has 2 fully saturated rings. The number of fused-ring (bicyclic) bond motifs is 3. The number of rotatable bonds is 6. The first-order chi connectivity index (χ1) is 25.0. The Kier molecular flexibility index (Phi) is 8.11. The smallest absolute Gasteiger partial charge is 0.0202 e. The van der Waals surface area contributed by atoms with Gasteiger partial charge in [-0.3, -0.25) is 0 Å². The summed E-state index contributed by atoms with van der Waals surface area (Å²) in [6.07, 6.45) is 12.9. The van der Waals surface area contributed by atoms with E-state index in [4.69, 9.17) is 0 Å². The molecule has 0 heteroatoms.